The van der Waals surface area contributed by atoms with Crippen LogP contribution < -0.4 is 5.32 Å². The molecule has 0 fully saturated rings. The van der Waals surface area contributed by atoms with Crippen LogP contribution in [-0.2, 0) is 13.1 Å². The molecule has 0 aliphatic heterocycles. The number of phenols is 1. The fourth-order valence-corrected chi connectivity index (χ4v) is 2.31. The minimum absolute atomic E-state index is 0.426. The van der Waals surface area contributed by atoms with Crippen LogP contribution in [0.2, 0.25) is 0 Å². The number of hydrogen-bond acceptors (Lipinski definition) is 6. The summed E-state index contributed by atoms with van der Waals surface area (Å²) < 4.78 is 0. The zero-order valence-corrected chi connectivity index (χ0v) is 14.9. The van der Waals surface area contributed by atoms with E-state index in [1.165, 1.54) is 11.1 Å². The van der Waals surface area contributed by atoms with Crippen LogP contribution in [0.25, 0.3) is 0 Å². The summed E-state index contributed by atoms with van der Waals surface area (Å²) in [6.07, 6.45) is 0. The molecule has 3 rings (SSSR count). The van der Waals surface area contributed by atoms with Gasteiger partial charge in [-0.3, -0.25) is 20.2 Å². The number of nitrogens with one attached hydrogen (secondary N) is 1. The highest BCUT2D eigenvalue weighted by molar-refractivity contribution is 5.52. The molecule has 0 atom stereocenters. The first-order chi connectivity index (χ1) is 13.5. The van der Waals surface area contributed by atoms with E-state index in [2.05, 4.69) is 53.8 Å². The number of non-ortho nitro benzene ring substituents is 1. The summed E-state index contributed by atoms with van der Waals surface area (Å²) in [5.41, 5.74) is 1.56. The van der Waals surface area contributed by atoms with Gasteiger partial charge in [-0.1, -0.05) is 60.7 Å². The number of nitrogens with zero attached hydrogens (tertiary/aromatic N) is 2. The third-order valence-electron chi connectivity index (χ3n) is 3.71. The maximum Gasteiger partial charge on any atom is 0.317 e. The Labute approximate surface area is 161 Å². The van der Waals surface area contributed by atoms with Gasteiger partial charge in [0.05, 0.1) is 15.9 Å². The quantitative estimate of drug-likeness (QED) is 0.488. The van der Waals surface area contributed by atoms with Crippen molar-refractivity contribution in [2.45, 2.75) is 13.1 Å². The second kappa shape index (κ2) is 10.4. The molecule has 0 aromatic heterocycles. The van der Waals surface area contributed by atoms with E-state index in [-0.39, 0.29) is 0 Å². The molecule has 0 aliphatic rings. The molecule has 0 aliphatic carbocycles. The van der Waals surface area contributed by atoms with Gasteiger partial charge in [-0.05, 0) is 17.2 Å². The molecule has 0 saturated heterocycles. The van der Waals surface area contributed by atoms with Gasteiger partial charge < -0.3 is 10.4 Å². The molecule has 0 radical (unpaired) electrons. The molecule has 8 heteroatoms. The summed E-state index contributed by atoms with van der Waals surface area (Å²) in [4.78, 5) is 18.7. The molecule has 3 aromatic rings. The van der Waals surface area contributed by atoms with Crippen LogP contribution in [0.3, 0.4) is 0 Å². The molecular formula is C20H19N3O5. The number of benzene rings is 3. The monoisotopic (exact) mass is 381 g/mol. The van der Waals surface area contributed by atoms with E-state index in [0.717, 1.165) is 25.2 Å². The third-order valence-corrected chi connectivity index (χ3v) is 3.71. The zero-order chi connectivity index (χ0) is 20.4. The maximum absolute atomic E-state index is 10.2. The van der Waals surface area contributed by atoms with Crippen LogP contribution in [0.4, 0.5) is 11.4 Å². The summed E-state index contributed by atoms with van der Waals surface area (Å²) >= 11 is 0. The van der Waals surface area contributed by atoms with E-state index in [1.807, 2.05) is 12.1 Å². The van der Waals surface area contributed by atoms with E-state index in [9.17, 15) is 20.2 Å². The second-order valence-electron chi connectivity index (χ2n) is 5.76. The summed E-state index contributed by atoms with van der Waals surface area (Å²) in [7, 11) is 0. The molecule has 8 nitrogen and oxygen atoms in total. The molecule has 0 spiro atoms. The van der Waals surface area contributed by atoms with Crippen molar-refractivity contribution in [3.63, 3.8) is 0 Å². The van der Waals surface area contributed by atoms with Crippen LogP contribution in [0, 0.1) is 20.2 Å². The normalized spacial score (nSPS) is 9.86. The molecule has 0 bridgehead atoms. The first kappa shape index (κ1) is 20.5. The molecular weight excluding hydrogens is 362 g/mol. The van der Waals surface area contributed by atoms with Crippen molar-refractivity contribution in [2.24, 2.45) is 0 Å². The van der Waals surface area contributed by atoms with Gasteiger partial charge in [0.25, 0.3) is 5.69 Å². The lowest BCUT2D eigenvalue weighted by atomic mass is 10.2. The standard InChI is InChI=1S/C14H15N.C6H4N2O5/c1-3-7-13(8-4-1)11-15-12-14-9-5-2-6-10-14;9-6-2-1-4(7(10)11)3-5(6)8(12)13/h1-10,15H,11-12H2;1-3,9H. The Morgan fingerprint density at radius 3 is 1.68 bits per heavy atom. The topological polar surface area (TPSA) is 119 Å². The van der Waals surface area contributed by atoms with E-state index < -0.39 is 27.0 Å². The van der Waals surface area contributed by atoms with Gasteiger partial charge in [-0.15, -0.1) is 0 Å². The van der Waals surface area contributed by atoms with Crippen molar-refractivity contribution in [1.29, 1.82) is 0 Å². The SMILES string of the molecule is O=[N+]([O-])c1ccc(O)c([N+](=O)[O-])c1.c1ccc(CNCc2ccccc2)cc1. The summed E-state index contributed by atoms with van der Waals surface area (Å²) in [6.45, 7) is 1.85. The van der Waals surface area contributed by atoms with Crippen LogP contribution in [0.5, 0.6) is 5.75 Å². The van der Waals surface area contributed by atoms with E-state index in [4.69, 9.17) is 5.11 Å². The van der Waals surface area contributed by atoms with Gasteiger partial charge in [0.1, 0.15) is 0 Å². The lowest BCUT2D eigenvalue weighted by molar-refractivity contribution is -0.394. The predicted octanol–water partition coefficient (Wildman–Crippen LogP) is 4.19. The summed E-state index contributed by atoms with van der Waals surface area (Å²) in [6, 6.07) is 23.5. The van der Waals surface area contributed by atoms with Crippen molar-refractivity contribution in [2.75, 3.05) is 0 Å². The van der Waals surface area contributed by atoms with Gasteiger partial charge in [0, 0.05) is 19.2 Å². The molecule has 0 amide bonds. The summed E-state index contributed by atoms with van der Waals surface area (Å²) in [5.74, 6) is -0.587. The number of hydrogen-bond donors (Lipinski definition) is 2. The number of nitro groups is 2. The largest absolute Gasteiger partial charge is 0.502 e. The van der Waals surface area contributed by atoms with E-state index in [0.29, 0.717) is 6.07 Å². The van der Waals surface area contributed by atoms with E-state index >= 15 is 0 Å². The lowest BCUT2D eigenvalue weighted by Crippen LogP contribution is -2.12. The average molecular weight is 381 g/mol. The highest BCUT2D eigenvalue weighted by atomic mass is 16.6. The Kier molecular flexibility index (Phi) is 7.62. The van der Waals surface area contributed by atoms with Gasteiger partial charge in [-0.25, -0.2) is 0 Å². The Hall–Kier alpha value is -3.78. The maximum atomic E-state index is 10.2. The Morgan fingerprint density at radius 2 is 1.25 bits per heavy atom. The van der Waals surface area contributed by atoms with Gasteiger partial charge in [0.2, 0.25) is 0 Å². The fourth-order valence-electron chi connectivity index (χ4n) is 2.31. The average Bonchev–Trinajstić information content (AvgIpc) is 2.70. The van der Waals surface area contributed by atoms with Gasteiger partial charge in [-0.2, -0.15) is 0 Å². The van der Waals surface area contributed by atoms with Gasteiger partial charge >= 0.3 is 5.69 Å². The van der Waals surface area contributed by atoms with Crippen molar-refractivity contribution in [3.05, 3.63) is 110 Å². The Morgan fingerprint density at radius 1 is 0.750 bits per heavy atom. The number of nitro benzene ring substituents is 2. The van der Waals surface area contributed by atoms with Gasteiger partial charge in [0.15, 0.2) is 5.75 Å². The number of phenolic OH excluding ortho intramolecular Hbond substituents is 1. The Balaban J connectivity index is 0.000000203. The molecule has 0 unspecified atom stereocenters. The number of rotatable bonds is 6. The summed E-state index contributed by atoms with van der Waals surface area (Å²) in [5, 5.41) is 32.7. The highest BCUT2D eigenvalue weighted by Gasteiger charge is 2.18. The zero-order valence-electron chi connectivity index (χ0n) is 14.9. The van der Waals surface area contributed by atoms with E-state index in [1.54, 1.807) is 0 Å². The predicted molar refractivity (Wildman–Crippen MR) is 105 cm³/mol. The molecule has 144 valence electrons. The second-order valence-corrected chi connectivity index (χ2v) is 5.76. The third kappa shape index (κ3) is 6.50. The van der Waals surface area contributed by atoms with Crippen molar-refractivity contribution in [3.8, 4) is 5.75 Å². The molecule has 2 N–H and O–H groups in total. The van der Waals surface area contributed by atoms with Crippen molar-refractivity contribution < 1.29 is 15.0 Å². The molecule has 3 aromatic carbocycles. The Bertz CT molecular complexity index is 878. The fraction of sp³-hybridized carbons (Fsp3) is 0.100. The highest BCUT2D eigenvalue weighted by Crippen LogP contribution is 2.29. The van der Waals surface area contributed by atoms with Crippen molar-refractivity contribution >= 4 is 11.4 Å². The number of aromatic hydroxyl groups is 1. The van der Waals surface area contributed by atoms with Crippen LogP contribution in [0.1, 0.15) is 11.1 Å². The molecule has 0 saturated carbocycles. The smallest absolute Gasteiger partial charge is 0.317 e. The van der Waals surface area contributed by atoms with Crippen LogP contribution in [0.15, 0.2) is 78.9 Å². The first-order valence-corrected chi connectivity index (χ1v) is 8.37. The van der Waals surface area contributed by atoms with Crippen LogP contribution >= 0.6 is 0 Å². The molecule has 0 heterocycles. The van der Waals surface area contributed by atoms with Crippen molar-refractivity contribution in [1.82, 2.24) is 5.32 Å². The minimum Gasteiger partial charge on any atom is -0.502 e. The molecule has 28 heavy (non-hydrogen) atoms. The first-order valence-electron chi connectivity index (χ1n) is 8.37. The van der Waals surface area contributed by atoms with Crippen LogP contribution in [-0.4, -0.2) is 15.0 Å². The minimum atomic E-state index is -0.887. The lowest BCUT2D eigenvalue weighted by Gasteiger charge is -2.04.